The van der Waals surface area contributed by atoms with Gasteiger partial charge in [-0.1, -0.05) is 12.2 Å². The fraction of sp³-hybridized carbons (Fsp3) is 0.812. The van der Waals surface area contributed by atoms with E-state index in [1.165, 1.54) is 12.8 Å². The van der Waals surface area contributed by atoms with Crippen LogP contribution in [0.15, 0.2) is 12.2 Å². The van der Waals surface area contributed by atoms with Crippen molar-refractivity contribution in [1.82, 2.24) is 9.80 Å². The van der Waals surface area contributed by atoms with Gasteiger partial charge in [0.15, 0.2) is 0 Å². The van der Waals surface area contributed by atoms with Gasteiger partial charge in [-0.2, -0.15) is 0 Å². The molecule has 1 aliphatic heterocycles. The summed E-state index contributed by atoms with van der Waals surface area (Å²) in [5.74, 6) is 1.28. The van der Waals surface area contributed by atoms with Crippen LogP contribution in [0.4, 0.5) is 0 Å². The van der Waals surface area contributed by atoms with Crippen LogP contribution in [-0.4, -0.2) is 61.6 Å². The molecule has 0 spiro atoms. The first-order valence-corrected chi connectivity index (χ1v) is 7.96. The number of carbonyl (C=O) groups is 1. The summed E-state index contributed by atoms with van der Waals surface area (Å²) in [4.78, 5) is 17.1. The fourth-order valence-electron chi connectivity index (χ4n) is 3.17. The molecule has 1 saturated heterocycles. The van der Waals surface area contributed by atoms with E-state index in [0.29, 0.717) is 5.91 Å². The Labute approximate surface area is 121 Å². The number of amides is 1. The van der Waals surface area contributed by atoms with Gasteiger partial charge in [-0.3, -0.25) is 4.79 Å². The van der Waals surface area contributed by atoms with Gasteiger partial charge in [0.1, 0.15) is 0 Å². The van der Waals surface area contributed by atoms with Crippen molar-refractivity contribution in [3.05, 3.63) is 12.2 Å². The van der Waals surface area contributed by atoms with E-state index < -0.39 is 0 Å². The molecule has 3 rings (SSSR count). The molecular formula is C16H26N2O2. The Morgan fingerprint density at radius 1 is 1.30 bits per heavy atom. The maximum atomic E-state index is 12.7. The average molecular weight is 278 g/mol. The summed E-state index contributed by atoms with van der Waals surface area (Å²) in [5.41, 5.74) is 0. The molecule has 0 aromatic heterocycles. The molecule has 2 aliphatic carbocycles. The van der Waals surface area contributed by atoms with Crippen LogP contribution in [-0.2, 0) is 9.53 Å². The molecule has 4 nitrogen and oxygen atoms in total. The number of allylic oxidation sites excluding steroid dienone is 2. The maximum absolute atomic E-state index is 12.7. The number of rotatable bonds is 5. The van der Waals surface area contributed by atoms with E-state index in [1.54, 1.807) is 0 Å². The highest BCUT2D eigenvalue weighted by Gasteiger charge is 2.32. The Bertz CT molecular complexity index is 371. The van der Waals surface area contributed by atoms with Crippen molar-refractivity contribution < 1.29 is 9.53 Å². The number of ether oxygens (including phenoxy) is 1. The second-order valence-electron chi connectivity index (χ2n) is 6.58. The summed E-state index contributed by atoms with van der Waals surface area (Å²) in [6, 6.07) is 0. The molecule has 20 heavy (non-hydrogen) atoms. The smallest absolute Gasteiger partial charge is 0.226 e. The Balaban J connectivity index is 1.58. The van der Waals surface area contributed by atoms with Crippen LogP contribution in [0.3, 0.4) is 0 Å². The van der Waals surface area contributed by atoms with Crippen LogP contribution in [0.1, 0.15) is 25.7 Å². The van der Waals surface area contributed by atoms with E-state index in [-0.39, 0.29) is 12.0 Å². The molecular weight excluding hydrogens is 252 g/mol. The molecule has 2 fully saturated rings. The second-order valence-corrected chi connectivity index (χ2v) is 6.58. The van der Waals surface area contributed by atoms with E-state index in [9.17, 15) is 4.79 Å². The third-order valence-electron chi connectivity index (χ3n) is 4.61. The van der Waals surface area contributed by atoms with Gasteiger partial charge in [0, 0.05) is 32.1 Å². The van der Waals surface area contributed by atoms with Crippen molar-refractivity contribution in [2.45, 2.75) is 31.8 Å². The summed E-state index contributed by atoms with van der Waals surface area (Å²) in [5, 5.41) is 0. The van der Waals surface area contributed by atoms with Gasteiger partial charge in [0.2, 0.25) is 5.91 Å². The molecule has 0 bridgehead atoms. The Morgan fingerprint density at radius 2 is 2.05 bits per heavy atom. The molecule has 1 atom stereocenters. The zero-order valence-electron chi connectivity index (χ0n) is 12.5. The Kier molecular flexibility index (Phi) is 4.41. The molecule has 1 heterocycles. The third-order valence-corrected chi connectivity index (χ3v) is 4.61. The van der Waals surface area contributed by atoms with Crippen LogP contribution < -0.4 is 0 Å². The summed E-state index contributed by atoms with van der Waals surface area (Å²) in [6.45, 7) is 4.45. The lowest BCUT2D eigenvalue weighted by atomic mass is 10.0. The summed E-state index contributed by atoms with van der Waals surface area (Å²) in [6.07, 6.45) is 8.89. The lowest BCUT2D eigenvalue weighted by molar-refractivity contribution is -0.138. The molecule has 1 saturated carbocycles. The standard InChI is InChI=1S/C16H26N2O2/c1-17-8-9-20-15(11-17)12-18(10-13-6-7-13)16(19)14-4-2-3-5-14/h2-3,13-15H,4-12H2,1H3. The van der Waals surface area contributed by atoms with E-state index in [2.05, 4.69) is 29.0 Å². The highest BCUT2D eigenvalue weighted by atomic mass is 16.5. The minimum Gasteiger partial charge on any atom is -0.374 e. The predicted octanol–water partition coefficient (Wildman–Crippen LogP) is 1.52. The highest BCUT2D eigenvalue weighted by Crippen LogP contribution is 2.31. The van der Waals surface area contributed by atoms with Gasteiger partial charge in [-0.15, -0.1) is 0 Å². The lowest BCUT2D eigenvalue weighted by Gasteiger charge is -2.35. The van der Waals surface area contributed by atoms with Crippen LogP contribution in [0.2, 0.25) is 0 Å². The van der Waals surface area contributed by atoms with Gasteiger partial charge >= 0.3 is 0 Å². The van der Waals surface area contributed by atoms with Gasteiger partial charge in [-0.05, 0) is 38.6 Å². The molecule has 0 aromatic rings. The topological polar surface area (TPSA) is 32.8 Å². The van der Waals surface area contributed by atoms with E-state index in [4.69, 9.17) is 4.74 Å². The number of hydrogen-bond acceptors (Lipinski definition) is 3. The number of hydrogen-bond donors (Lipinski definition) is 0. The highest BCUT2D eigenvalue weighted by molar-refractivity contribution is 5.79. The number of likely N-dealkylation sites (N-methyl/N-ethyl adjacent to an activating group) is 1. The number of carbonyl (C=O) groups excluding carboxylic acids is 1. The van der Waals surface area contributed by atoms with Crippen molar-refractivity contribution in [2.24, 2.45) is 11.8 Å². The summed E-state index contributed by atoms with van der Waals surface area (Å²) in [7, 11) is 2.13. The third kappa shape index (κ3) is 3.61. The summed E-state index contributed by atoms with van der Waals surface area (Å²) >= 11 is 0. The predicted molar refractivity (Wildman–Crippen MR) is 78.4 cm³/mol. The number of morpholine rings is 1. The maximum Gasteiger partial charge on any atom is 0.226 e. The monoisotopic (exact) mass is 278 g/mol. The first kappa shape index (κ1) is 14.1. The van der Waals surface area contributed by atoms with Crippen LogP contribution in [0.5, 0.6) is 0 Å². The molecule has 4 heteroatoms. The number of nitrogens with zero attached hydrogens (tertiary/aromatic N) is 2. The van der Waals surface area contributed by atoms with Gasteiger partial charge in [0.05, 0.1) is 12.7 Å². The van der Waals surface area contributed by atoms with E-state index in [0.717, 1.165) is 51.5 Å². The largest absolute Gasteiger partial charge is 0.374 e. The zero-order chi connectivity index (χ0) is 13.9. The van der Waals surface area contributed by atoms with Gasteiger partial charge < -0.3 is 14.5 Å². The van der Waals surface area contributed by atoms with Crippen LogP contribution in [0.25, 0.3) is 0 Å². The van der Waals surface area contributed by atoms with Crippen molar-refractivity contribution in [2.75, 3.05) is 39.8 Å². The molecule has 112 valence electrons. The summed E-state index contributed by atoms with van der Waals surface area (Å²) < 4.78 is 5.84. The molecule has 1 unspecified atom stereocenters. The van der Waals surface area contributed by atoms with Gasteiger partial charge in [0.25, 0.3) is 0 Å². The molecule has 0 radical (unpaired) electrons. The van der Waals surface area contributed by atoms with Crippen molar-refractivity contribution >= 4 is 5.91 Å². The molecule has 1 amide bonds. The van der Waals surface area contributed by atoms with Gasteiger partial charge in [-0.25, -0.2) is 0 Å². The van der Waals surface area contributed by atoms with Crippen molar-refractivity contribution in [3.63, 3.8) is 0 Å². The molecule has 0 N–H and O–H groups in total. The minimum absolute atomic E-state index is 0.186. The lowest BCUT2D eigenvalue weighted by Crippen LogP contribution is -2.49. The minimum atomic E-state index is 0.186. The Morgan fingerprint density at radius 3 is 2.70 bits per heavy atom. The van der Waals surface area contributed by atoms with Crippen molar-refractivity contribution in [3.8, 4) is 0 Å². The molecule has 3 aliphatic rings. The quantitative estimate of drug-likeness (QED) is 0.715. The normalized spacial score (nSPS) is 27.9. The van der Waals surface area contributed by atoms with Crippen LogP contribution >= 0.6 is 0 Å². The van der Waals surface area contributed by atoms with E-state index >= 15 is 0 Å². The first-order chi connectivity index (χ1) is 9.72. The SMILES string of the molecule is CN1CCOC(CN(CC2CC2)C(=O)C2CC=CC2)C1. The molecule has 0 aromatic carbocycles. The second kappa shape index (κ2) is 6.27. The first-order valence-electron chi connectivity index (χ1n) is 7.96. The van der Waals surface area contributed by atoms with E-state index in [1.807, 2.05) is 0 Å². The Hall–Kier alpha value is -0.870. The zero-order valence-corrected chi connectivity index (χ0v) is 12.5. The van der Waals surface area contributed by atoms with Crippen molar-refractivity contribution in [1.29, 1.82) is 0 Å². The fourth-order valence-corrected chi connectivity index (χ4v) is 3.17. The van der Waals surface area contributed by atoms with Crippen LogP contribution in [0, 0.1) is 11.8 Å². The average Bonchev–Trinajstić information content (AvgIpc) is 3.08.